The van der Waals surface area contributed by atoms with Gasteiger partial charge in [-0.05, 0) is 60.9 Å². The number of para-hydroxylation sites is 1. The zero-order valence-corrected chi connectivity index (χ0v) is 31.0. The second-order valence-corrected chi connectivity index (χ2v) is 12.3. The predicted octanol–water partition coefficient (Wildman–Crippen LogP) is 9.06. The van der Waals surface area contributed by atoms with Crippen LogP contribution in [0.2, 0.25) is 0 Å². The Kier molecular flexibility index (Phi) is 22.3. The highest BCUT2D eigenvalue weighted by atomic mass is 19.4. The van der Waals surface area contributed by atoms with E-state index in [0.29, 0.717) is 71.8 Å². The van der Waals surface area contributed by atoms with Gasteiger partial charge in [-0.1, -0.05) is 75.8 Å². The monoisotopic (exact) mass is 747 g/mol. The van der Waals surface area contributed by atoms with Crippen LogP contribution in [0.1, 0.15) is 73.4 Å². The first-order valence-electron chi connectivity index (χ1n) is 18.7. The molecule has 0 aliphatic carbocycles. The molecule has 0 aromatic heterocycles. The normalized spacial score (nSPS) is 11.5. The number of benzene rings is 3. The highest BCUT2D eigenvalue weighted by Crippen LogP contribution is 2.32. The van der Waals surface area contributed by atoms with Crippen molar-refractivity contribution in [3.05, 3.63) is 89.5 Å². The van der Waals surface area contributed by atoms with Crippen molar-refractivity contribution in [3.63, 3.8) is 0 Å². The molecule has 0 heterocycles. The number of unbranched alkanes of at least 4 members (excludes halogenated alkanes) is 6. The number of aryl methyl sites for hydroxylation is 1. The van der Waals surface area contributed by atoms with Gasteiger partial charge in [-0.3, -0.25) is 0 Å². The van der Waals surface area contributed by atoms with E-state index in [4.69, 9.17) is 33.2 Å². The molecule has 3 aromatic carbocycles. The minimum absolute atomic E-state index is 0.00646. The van der Waals surface area contributed by atoms with Gasteiger partial charge in [0.15, 0.2) is 0 Å². The van der Waals surface area contributed by atoms with Crippen molar-refractivity contribution in [2.75, 3.05) is 84.6 Å². The van der Waals surface area contributed by atoms with Crippen LogP contribution in [-0.4, -0.2) is 85.3 Å². The number of ether oxygens (including phenoxy) is 7. The fourth-order valence-electron chi connectivity index (χ4n) is 5.21. The SMILES string of the molecule is CCCCCCCCCc1ccc(OCCOCCOCCOCCOCCOCCOC(=O)c2ccccc2Nc2cccc(C(F)(F)F)c2)cc1. The van der Waals surface area contributed by atoms with Crippen molar-refractivity contribution < 1.29 is 51.1 Å². The topological polar surface area (TPSA) is 93.7 Å². The number of anilines is 2. The Morgan fingerprint density at radius 1 is 0.604 bits per heavy atom. The molecule has 294 valence electrons. The van der Waals surface area contributed by atoms with E-state index < -0.39 is 17.7 Å². The van der Waals surface area contributed by atoms with Crippen molar-refractivity contribution in [2.45, 2.75) is 64.5 Å². The molecule has 0 atom stereocenters. The Balaban J connectivity index is 1.08. The molecule has 3 rings (SSSR count). The van der Waals surface area contributed by atoms with Crippen molar-refractivity contribution in [1.29, 1.82) is 0 Å². The zero-order chi connectivity index (χ0) is 37.8. The van der Waals surface area contributed by atoms with Crippen LogP contribution in [0, 0.1) is 0 Å². The first-order valence-corrected chi connectivity index (χ1v) is 18.7. The summed E-state index contributed by atoms with van der Waals surface area (Å²) in [5, 5.41) is 2.86. The molecule has 3 aromatic rings. The number of hydrogen-bond donors (Lipinski definition) is 1. The van der Waals surface area contributed by atoms with Crippen LogP contribution in [0.25, 0.3) is 0 Å². The molecule has 0 bridgehead atoms. The molecule has 0 fully saturated rings. The summed E-state index contributed by atoms with van der Waals surface area (Å²) in [6, 6.07) is 19.5. The van der Waals surface area contributed by atoms with Crippen LogP contribution >= 0.6 is 0 Å². The summed E-state index contributed by atoms with van der Waals surface area (Å²) in [6.07, 6.45) is 5.90. The molecule has 0 amide bonds. The van der Waals surface area contributed by atoms with Crippen LogP contribution < -0.4 is 10.1 Å². The first kappa shape index (κ1) is 43.7. The number of nitrogens with one attached hydrogen (secondary N) is 1. The summed E-state index contributed by atoms with van der Waals surface area (Å²) in [6.45, 7) is 6.75. The molecule has 0 radical (unpaired) electrons. The van der Waals surface area contributed by atoms with Crippen LogP contribution in [0.3, 0.4) is 0 Å². The fourth-order valence-corrected chi connectivity index (χ4v) is 5.21. The molecule has 1 N–H and O–H groups in total. The Morgan fingerprint density at radius 3 is 1.75 bits per heavy atom. The van der Waals surface area contributed by atoms with Gasteiger partial charge >= 0.3 is 12.1 Å². The molecular weight excluding hydrogens is 691 g/mol. The van der Waals surface area contributed by atoms with E-state index in [2.05, 4.69) is 24.4 Å². The molecule has 0 saturated heterocycles. The van der Waals surface area contributed by atoms with E-state index in [1.54, 1.807) is 18.2 Å². The van der Waals surface area contributed by atoms with E-state index in [9.17, 15) is 18.0 Å². The zero-order valence-electron chi connectivity index (χ0n) is 31.0. The summed E-state index contributed by atoms with van der Waals surface area (Å²) in [5.74, 6) is 0.237. The Bertz CT molecular complexity index is 1390. The maximum atomic E-state index is 13.1. The number of alkyl halides is 3. The lowest BCUT2D eigenvalue weighted by atomic mass is 10.0. The van der Waals surface area contributed by atoms with Crippen LogP contribution in [0.4, 0.5) is 24.5 Å². The van der Waals surface area contributed by atoms with E-state index in [1.807, 2.05) is 12.1 Å². The van der Waals surface area contributed by atoms with Gasteiger partial charge < -0.3 is 38.5 Å². The largest absolute Gasteiger partial charge is 0.491 e. The number of carbonyl (C=O) groups is 1. The minimum atomic E-state index is -4.47. The van der Waals surface area contributed by atoms with Gasteiger partial charge in [-0.2, -0.15) is 13.2 Å². The quantitative estimate of drug-likeness (QED) is 0.0530. The lowest BCUT2D eigenvalue weighted by Gasteiger charge is -2.13. The summed E-state index contributed by atoms with van der Waals surface area (Å²) in [7, 11) is 0. The molecule has 53 heavy (non-hydrogen) atoms. The van der Waals surface area contributed by atoms with Gasteiger partial charge in [0.2, 0.25) is 0 Å². The second kappa shape index (κ2) is 27.0. The van der Waals surface area contributed by atoms with Crippen LogP contribution in [0.15, 0.2) is 72.8 Å². The van der Waals surface area contributed by atoms with Gasteiger partial charge in [0.05, 0.1) is 82.9 Å². The molecule has 9 nitrogen and oxygen atoms in total. The molecule has 0 aliphatic rings. The van der Waals surface area contributed by atoms with E-state index >= 15 is 0 Å². The molecule has 0 aliphatic heterocycles. The van der Waals surface area contributed by atoms with Crippen molar-refractivity contribution >= 4 is 17.3 Å². The molecule has 0 saturated carbocycles. The second-order valence-electron chi connectivity index (χ2n) is 12.3. The third kappa shape index (κ3) is 19.8. The van der Waals surface area contributed by atoms with Gasteiger partial charge in [0.25, 0.3) is 0 Å². The van der Waals surface area contributed by atoms with Crippen molar-refractivity contribution in [3.8, 4) is 5.75 Å². The van der Waals surface area contributed by atoms with Crippen LogP contribution in [0.5, 0.6) is 5.75 Å². The Labute approximate surface area is 312 Å². The van der Waals surface area contributed by atoms with E-state index in [0.717, 1.165) is 24.3 Å². The number of carbonyl (C=O) groups excluding carboxylic acids is 1. The average molecular weight is 748 g/mol. The highest BCUT2D eigenvalue weighted by Gasteiger charge is 2.30. The molecular formula is C41H56F3NO8. The molecule has 0 spiro atoms. The summed E-state index contributed by atoms with van der Waals surface area (Å²) >= 11 is 0. The predicted molar refractivity (Wildman–Crippen MR) is 199 cm³/mol. The maximum absolute atomic E-state index is 13.1. The molecule has 0 unspecified atom stereocenters. The summed E-state index contributed by atoms with van der Waals surface area (Å²) in [4.78, 5) is 12.6. The van der Waals surface area contributed by atoms with E-state index in [1.165, 1.54) is 68.7 Å². The van der Waals surface area contributed by atoms with Gasteiger partial charge in [-0.15, -0.1) is 0 Å². The third-order valence-electron chi connectivity index (χ3n) is 8.05. The van der Waals surface area contributed by atoms with Gasteiger partial charge in [-0.25, -0.2) is 4.79 Å². The Hall–Kier alpha value is -3.68. The fraction of sp³-hybridized carbons (Fsp3) is 0.537. The Morgan fingerprint density at radius 2 is 1.15 bits per heavy atom. The average Bonchev–Trinajstić information content (AvgIpc) is 3.16. The molecule has 12 heteroatoms. The van der Waals surface area contributed by atoms with Gasteiger partial charge in [0, 0.05) is 5.69 Å². The number of halogens is 3. The highest BCUT2D eigenvalue weighted by molar-refractivity contribution is 5.96. The van der Waals surface area contributed by atoms with E-state index in [-0.39, 0.29) is 24.5 Å². The smallest absolute Gasteiger partial charge is 0.416 e. The summed E-state index contributed by atoms with van der Waals surface area (Å²) < 4.78 is 77.7. The van der Waals surface area contributed by atoms with Gasteiger partial charge in [0.1, 0.15) is 19.0 Å². The maximum Gasteiger partial charge on any atom is 0.416 e. The van der Waals surface area contributed by atoms with Crippen LogP contribution in [-0.2, 0) is 41.0 Å². The van der Waals surface area contributed by atoms with Crippen molar-refractivity contribution in [1.82, 2.24) is 0 Å². The summed E-state index contributed by atoms with van der Waals surface area (Å²) in [5.41, 5.74) is 1.29. The number of rotatable bonds is 30. The lowest BCUT2D eigenvalue weighted by Crippen LogP contribution is -2.15. The number of hydrogen-bond acceptors (Lipinski definition) is 9. The minimum Gasteiger partial charge on any atom is -0.491 e. The number of esters is 1. The lowest BCUT2D eigenvalue weighted by molar-refractivity contribution is -0.137. The third-order valence-corrected chi connectivity index (χ3v) is 8.05. The standard InChI is InChI=1S/C41H56F3NO8/c1-2-3-4-5-6-7-8-12-34-17-19-37(20-18-34)52-31-29-50-27-25-48-23-21-47-22-24-49-26-28-51-30-32-53-40(46)38-15-9-10-16-39(38)45-36-14-11-13-35(33-36)41(42,43)44/h9-11,13-20,33,45H,2-8,12,21-32H2,1H3. The van der Waals surface area contributed by atoms with Crippen molar-refractivity contribution in [2.24, 2.45) is 0 Å². The first-order chi connectivity index (χ1) is 25.9.